The molecule has 1 aliphatic heterocycles. The van der Waals surface area contributed by atoms with E-state index in [1.54, 1.807) is 24.3 Å². The molecular formula is C15H16N2O3. The number of carboxylic acid groups (broad SMARTS) is 1. The van der Waals surface area contributed by atoms with Crippen LogP contribution in [0.2, 0.25) is 0 Å². The molecule has 0 aliphatic carbocycles. The zero-order valence-corrected chi connectivity index (χ0v) is 11.1. The topological polar surface area (TPSA) is 62.5 Å². The number of carbonyl (C=O) groups is 1. The fraction of sp³-hybridized carbons (Fsp3) is 0.333. The zero-order valence-electron chi connectivity index (χ0n) is 11.1. The van der Waals surface area contributed by atoms with E-state index in [2.05, 4.69) is 0 Å². The van der Waals surface area contributed by atoms with Crippen LogP contribution in [0.3, 0.4) is 0 Å². The molecule has 5 nitrogen and oxygen atoms in total. The Labute approximate surface area is 116 Å². The molecule has 0 bridgehead atoms. The van der Waals surface area contributed by atoms with Gasteiger partial charge in [-0.15, -0.1) is 0 Å². The highest BCUT2D eigenvalue weighted by Crippen LogP contribution is 2.16. The van der Waals surface area contributed by atoms with Crippen LogP contribution in [-0.4, -0.2) is 28.8 Å². The van der Waals surface area contributed by atoms with Crippen molar-refractivity contribution in [3.8, 4) is 0 Å². The van der Waals surface area contributed by atoms with E-state index in [1.807, 2.05) is 5.01 Å². The predicted molar refractivity (Wildman–Crippen MR) is 77.0 cm³/mol. The van der Waals surface area contributed by atoms with Crippen molar-refractivity contribution >= 4 is 16.7 Å². The van der Waals surface area contributed by atoms with E-state index in [0.29, 0.717) is 10.8 Å². The molecule has 3 rings (SSSR count). The lowest BCUT2D eigenvalue weighted by Gasteiger charge is -2.30. The molecule has 0 unspecified atom stereocenters. The minimum Gasteiger partial charge on any atom is -0.478 e. The minimum absolute atomic E-state index is 0.146. The first-order valence-electron chi connectivity index (χ1n) is 6.81. The fourth-order valence-corrected chi connectivity index (χ4v) is 2.75. The Bertz CT molecular complexity index is 715. The molecule has 2 heterocycles. The highest BCUT2D eigenvalue weighted by molar-refractivity contribution is 6.02. The Hall–Kier alpha value is -2.30. The Morgan fingerprint density at radius 3 is 2.35 bits per heavy atom. The van der Waals surface area contributed by atoms with E-state index in [-0.39, 0.29) is 11.1 Å². The molecule has 5 heteroatoms. The molecule has 20 heavy (non-hydrogen) atoms. The van der Waals surface area contributed by atoms with Crippen molar-refractivity contribution in [2.75, 3.05) is 18.1 Å². The van der Waals surface area contributed by atoms with Crippen LogP contribution in [0.5, 0.6) is 0 Å². The third kappa shape index (κ3) is 2.05. The van der Waals surface area contributed by atoms with E-state index in [1.165, 1.54) is 10.9 Å². The summed E-state index contributed by atoms with van der Waals surface area (Å²) >= 11 is 0. The van der Waals surface area contributed by atoms with Crippen molar-refractivity contribution in [1.82, 2.24) is 4.68 Å². The summed E-state index contributed by atoms with van der Waals surface area (Å²) in [5.74, 6) is -1.01. The van der Waals surface area contributed by atoms with Gasteiger partial charge >= 0.3 is 5.97 Å². The predicted octanol–water partition coefficient (Wildman–Crippen LogP) is 1.82. The van der Waals surface area contributed by atoms with E-state index in [4.69, 9.17) is 0 Å². The van der Waals surface area contributed by atoms with Gasteiger partial charge in [-0.2, -0.15) is 0 Å². The zero-order chi connectivity index (χ0) is 14.1. The van der Waals surface area contributed by atoms with Crippen molar-refractivity contribution in [2.24, 2.45) is 0 Å². The molecule has 0 amide bonds. The monoisotopic (exact) mass is 272 g/mol. The first-order chi connectivity index (χ1) is 9.68. The number of aromatic nitrogens is 1. The van der Waals surface area contributed by atoms with Gasteiger partial charge in [0.05, 0.1) is 5.56 Å². The maximum absolute atomic E-state index is 12.5. The summed E-state index contributed by atoms with van der Waals surface area (Å²) in [6.07, 6.45) is 4.67. The van der Waals surface area contributed by atoms with Crippen molar-refractivity contribution in [3.05, 3.63) is 46.4 Å². The first-order valence-corrected chi connectivity index (χ1v) is 6.81. The summed E-state index contributed by atoms with van der Waals surface area (Å²) in [7, 11) is 0. The van der Waals surface area contributed by atoms with Gasteiger partial charge in [-0.3, -0.25) is 4.79 Å². The molecule has 0 radical (unpaired) electrons. The van der Waals surface area contributed by atoms with E-state index in [0.717, 1.165) is 32.4 Å². The second kappa shape index (κ2) is 5.00. The molecule has 104 valence electrons. The van der Waals surface area contributed by atoms with Crippen LogP contribution in [0.1, 0.15) is 29.6 Å². The van der Waals surface area contributed by atoms with Gasteiger partial charge in [0.2, 0.25) is 0 Å². The number of hydrogen-bond donors (Lipinski definition) is 1. The van der Waals surface area contributed by atoms with E-state index < -0.39 is 5.97 Å². The average Bonchev–Trinajstić information content (AvgIpc) is 2.48. The quantitative estimate of drug-likeness (QED) is 0.905. The van der Waals surface area contributed by atoms with Crippen LogP contribution in [-0.2, 0) is 0 Å². The van der Waals surface area contributed by atoms with Crippen LogP contribution in [0.25, 0.3) is 10.8 Å². The second-order valence-corrected chi connectivity index (χ2v) is 5.06. The third-order valence-electron chi connectivity index (χ3n) is 3.77. The van der Waals surface area contributed by atoms with E-state index >= 15 is 0 Å². The summed E-state index contributed by atoms with van der Waals surface area (Å²) in [6.45, 7) is 1.58. The number of rotatable bonds is 2. The molecule has 0 atom stereocenters. The van der Waals surface area contributed by atoms with Crippen molar-refractivity contribution in [3.63, 3.8) is 0 Å². The van der Waals surface area contributed by atoms with Gasteiger partial charge in [0, 0.05) is 30.1 Å². The van der Waals surface area contributed by atoms with Crippen molar-refractivity contribution in [2.45, 2.75) is 19.3 Å². The maximum Gasteiger partial charge on any atom is 0.337 e. The van der Waals surface area contributed by atoms with Gasteiger partial charge in [0.15, 0.2) is 0 Å². The molecular weight excluding hydrogens is 256 g/mol. The number of fused-ring (bicyclic) bond motifs is 1. The van der Waals surface area contributed by atoms with Crippen molar-refractivity contribution in [1.29, 1.82) is 0 Å². The van der Waals surface area contributed by atoms with Gasteiger partial charge in [0.1, 0.15) is 0 Å². The standard InChI is InChI=1S/C15H16N2O3/c18-14-12-7-3-2-6-11(12)13(15(19)20)10-17(14)16-8-4-1-5-9-16/h2-3,6-7,10H,1,4-5,8-9H2,(H,19,20). The first kappa shape index (κ1) is 12.7. The Morgan fingerprint density at radius 2 is 1.70 bits per heavy atom. The third-order valence-corrected chi connectivity index (χ3v) is 3.77. The molecule has 1 aliphatic rings. The number of pyridine rings is 1. The SMILES string of the molecule is O=C(O)c1cn(N2CCCCC2)c(=O)c2ccccc12. The van der Waals surface area contributed by atoms with Crippen LogP contribution in [0, 0.1) is 0 Å². The Morgan fingerprint density at radius 1 is 1.05 bits per heavy atom. The van der Waals surface area contributed by atoms with Crippen LogP contribution >= 0.6 is 0 Å². The number of carboxylic acids is 1. The molecule has 2 aromatic rings. The molecule has 1 saturated heterocycles. The van der Waals surface area contributed by atoms with Crippen LogP contribution in [0.15, 0.2) is 35.3 Å². The summed E-state index contributed by atoms with van der Waals surface area (Å²) in [5.41, 5.74) is 0.0262. The smallest absolute Gasteiger partial charge is 0.337 e. The second-order valence-electron chi connectivity index (χ2n) is 5.06. The van der Waals surface area contributed by atoms with E-state index in [9.17, 15) is 14.7 Å². The van der Waals surface area contributed by atoms with Gasteiger partial charge in [-0.1, -0.05) is 18.2 Å². The Kier molecular flexibility index (Phi) is 3.18. The molecule has 0 spiro atoms. The minimum atomic E-state index is -1.01. The molecule has 1 aromatic heterocycles. The average molecular weight is 272 g/mol. The van der Waals surface area contributed by atoms with Gasteiger partial charge < -0.3 is 10.1 Å². The number of aromatic carboxylic acids is 1. The van der Waals surface area contributed by atoms with Gasteiger partial charge in [-0.25, -0.2) is 9.47 Å². The fourth-order valence-electron chi connectivity index (χ4n) is 2.75. The summed E-state index contributed by atoms with van der Waals surface area (Å²) in [5, 5.41) is 12.3. The Balaban J connectivity index is 2.24. The highest BCUT2D eigenvalue weighted by atomic mass is 16.4. The summed E-state index contributed by atoms with van der Waals surface area (Å²) in [4.78, 5) is 24.0. The number of hydrogen-bond acceptors (Lipinski definition) is 3. The number of benzene rings is 1. The summed E-state index contributed by atoms with van der Waals surface area (Å²) < 4.78 is 1.48. The normalized spacial score (nSPS) is 15.5. The maximum atomic E-state index is 12.5. The highest BCUT2D eigenvalue weighted by Gasteiger charge is 2.18. The van der Waals surface area contributed by atoms with Gasteiger partial charge in [-0.05, 0) is 25.3 Å². The number of nitrogens with zero attached hydrogens (tertiary/aromatic N) is 2. The van der Waals surface area contributed by atoms with Crippen molar-refractivity contribution < 1.29 is 9.90 Å². The molecule has 1 aromatic carbocycles. The lowest BCUT2D eigenvalue weighted by Crippen LogP contribution is -2.45. The largest absolute Gasteiger partial charge is 0.478 e. The summed E-state index contributed by atoms with van der Waals surface area (Å²) in [6, 6.07) is 6.88. The molecule has 1 N–H and O–H groups in total. The molecule has 0 saturated carbocycles. The lowest BCUT2D eigenvalue weighted by molar-refractivity contribution is 0.0698. The van der Waals surface area contributed by atoms with Crippen LogP contribution < -0.4 is 10.6 Å². The lowest BCUT2D eigenvalue weighted by atomic mass is 10.1. The number of piperidine rings is 1. The van der Waals surface area contributed by atoms with Crippen LogP contribution in [0.4, 0.5) is 0 Å². The van der Waals surface area contributed by atoms with Gasteiger partial charge in [0.25, 0.3) is 5.56 Å². The molecule has 1 fully saturated rings.